The third kappa shape index (κ3) is 2.95. The van der Waals surface area contributed by atoms with Crippen molar-refractivity contribution >= 4 is 21.6 Å². The summed E-state index contributed by atoms with van der Waals surface area (Å²) in [6, 6.07) is 4.61. The molecule has 0 bridgehead atoms. The number of fused-ring (bicyclic) bond motifs is 1. The molecule has 2 aliphatic rings. The summed E-state index contributed by atoms with van der Waals surface area (Å²) in [6.07, 6.45) is 1.93. The summed E-state index contributed by atoms with van der Waals surface area (Å²) < 4.78 is 32.9. The van der Waals surface area contributed by atoms with Gasteiger partial charge in [-0.05, 0) is 44.7 Å². The van der Waals surface area contributed by atoms with Gasteiger partial charge in [0.15, 0.2) is 5.60 Å². The van der Waals surface area contributed by atoms with Crippen LogP contribution in [0.25, 0.3) is 0 Å². The Morgan fingerprint density at radius 1 is 1.35 bits per heavy atom. The van der Waals surface area contributed by atoms with E-state index in [4.69, 9.17) is 4.74 Å². The van der Waals surface area contributed by atoms with E-state index in [1.165, 1.54) is 16.4 Å². The summed E-state index contributed by atoms with van der Waals surface area (Å²) in [5.41, 5.74) is -0.519. The van der Waals surface area contributed by atoms with E-state index in [-0.39, 0.29) is 10.8 Å². The predicted octanol–water partition coefficient (Wildman–Crippen LogP) is 2.22. The molecular formula is C16H22N2O4S. The van der Waals surface area contributed by atoms with Gasteiger partial charge in [0.1, 0.15) is 5.75 Å². The number of carbonyl (C=O) groups excluding carboxylic acids is 1. The highest BCUT2D eigenvalue weighted by Gasteiger charge is 2.36. The van der Waals surface area contributed by atoms with Crippen LogP contribution in [0.2, 0.25) is 0 Å². The van der Waals surface area contributed by atoms with Crippen LogP contribution < -0.4 is 10.1 Å². The number of hydrogen-bond donors (Lipinski definition) is 1. The van der Waals surface area contributed by atoms with Crippen molar-refractivity contribution in [3.8, 4) is 5.75 Å². The number of nitrogens with zero attached hydrogens (tertiary/aromatic N) is 1. The molecular weight excluding hydrogens is 316 g/mol. The maximum Gasteiger partial charge on any atom is 0.268 e. The van der Waals surface area contributed by atoms with Gasteiger partial charge >= 0.3 is 0 Å². The highest BCUT2D eigenvalue weighted by molar-refractivity contribution is 7.89. The van der Waals surface area contributed by atoms with Crippen LogP contribution in [0.15, 0.2) is 23.1 Å². The number of hydrogen-bond acceptors (Lipinski definition) is 4. The Bertz CT molecular complexity index is 742. The number of rotatable bonds is 2. The highest BCUT2D eigenvalue weighted by atomic mass is 32.2. The fraction of sp³-hybridized carbons (Fsp3) is 0.562. The van der Waals surface area contributed by atoms with E-state index in [9.17, 15) is 13.2 Å². The quantitative estimate of drug-likeness (QED) is 0.897. The monoisotopic (exact) mass is 338 g/mol. The molecule has 1 saturated heterocycles. The van der Waals surface area contributed by atoms with Gasteiger partial charge in [-0.25, -0.2) is 8.42 Å². The van der Waals surface area contributed by atoms with Crippen molar-refractivity contribution in [3.05, 3.63) is 18.2 Å². The number of benzene rings is 1. The lowest BCUT2D eigenvalue weighted by Crippen LogP contribution is -2.45. The molecule has 0 aliphatic carbocycles. The van der Waals surface area contributed by atoms with Gasteiger partial charge in [0.05, 0.1) is 10.6 Å². The molecule has 1 N–H and O–H groups in total. The first-order chi connectivity index (χ1) is 10.7. The zero-order valence-corrected chi connectivity index (χ0v) is 14.4. The van der Waals surface area contributed by atoms with E-state index in [2.05, 4.69) is 12.2 Å². The van der Waals surface area contributed by atoms with Crippen LogP contribution in [0.3, 0.4) is 0 Å². The maximum atomic E-state index is 12.8. The Hall–Kier alpha value is -1.60. The topological polar surface area (TPSA) is 75.7 Å². The van der Waals surface area contributed by atoms with Crippen molar-refractivity contribution in [2.45, 2.75) is 44.1 Å². The minimum atomic E-state index is -3.54. The standard InChI is InChI=1S/C16H22N2O4S/c1-11-5-4-8-18(10-11)23(20,21)12-6-7-13-14(9-12)22-16(2,3)15(19)17-13/h6-7,9,11H,4-5,8,10H2,1-3H3,(H,17,19). The molecule has 0 spiro atoms. The third-order valence-electron chi connectivity index (χ3n) is 4.37. The molecule has 0 saturated carbocycles. The van der Waals surface area contributed by atoms with Gasteiger partial charge in [-0.2, -0.15) is 4.31 Å². The summed E-state index contributed by atoms with van der Waals surface area (Å²) >= 11 is 0. The summed E-state index contributed by atoms with van der Waals surface area (Å²) in [5.74, 6) is 0.511. The van der Waals surface area contributed by atoms with Crippen molar-refractivity contribution in [2.24, 2.45) is 5.92 Å². The molecule has 1 atom stereocenters. The van der Waals surface area contributed by atoms with E-state index >= 15 is 0 Å². The van der Waals surface area contributed by atoms with Gasteiger partial charge in [-0.1, -0.05) is 6.92 Å². The largest absolute Gasteiger partial charge is 0.476 e. The van der Waals surface area contributed by atoms with E-state index < -0.39 is 15.6 Å². The molecule has 6 nitrogen and oxygen atoms in total. The maximum absolute atomic E-state index is 12.8. The second-order valence-electron chi connectivity index (χ2n) is 6.83. The average Bonchev–Trinajstić information content (AvgIpc) is 2.47. The molecule has 23 heavy (non-hydrogen) atoms. The molecule has 1 unspecified atom stereocenters. The summed E-state index contributed by atoms with van der Waals surface area (Å²) in [4.78, 5) is 12.1. The number of ether oxygens (including phenoxy) is 1. The lowest BCUT2D eigenvalue weighted by atomic mass is 10.0. The van der Waals surface area contributed by atoms with Crippen LogP contribution in [0.5, 0.6) is 5.75 Å². The normalized spacial score (nSPS) is 24.5. The summed E-state index contributed by atoms with van der Waals surface area (Å²) in [5, 5.41) is 2.74. The minimum absolute atomic E-state index is 0.206. The van der Waals surface area contributed by atoms with Crippen molar-refractivity contribution in [1.82, 2.24) is 4.31 Å². The van der Waals surface area contributed by atoms with E-state index in [0.717, 1.165) is 12.8 Å². The number of sulfonamides is 1. The van der Waals surface area contributed by atoms with Crippen LogP contribution in [-0.4, -0.2) is 37.3 Å². The van der Waals surface area contributed by atoms with Gasteiger partial charge in [-0.3, -0.25) is 4.79 Å². The van der Waals surface area contributed by atoms with E-state index in [1.54, 1.807) is 19.9 Å². The smallest absolute Gasteiger partial charge is 0.268 e. The molecule has 2 heterocycles. The highest BCUT2D eigenvalue weighted by Crippen LogP contribution is 2.36. The first kappa shape index (κ1) is 16.3. The average molecular weight is 338 g/mol. The number of amides is 1. The number of anilines is 1. The second-order valence-corrected chi connectivity index (χ2v) is 8.77. The molecule has 126 valence electrons. The van der Waals surface area contributed by atoms with Crippen LogP contribution in [0.4, 0.5) is 5.69 Å². The summed E-state index contributed by atoms with van der Waals surface area (Å²) in [6.45, 7) is 6.46. The Morgan fingerprint density at radius 2 is 2.09 bits per heavy atom. The molecule has 1 amide bonds. The second kappa shape index (κ2) is 5.49. The van der Waals surface area contributed by atoms with E-state index in [0.29, 0.717) is 30.4 Å². The minimum Gasteiger partial charge on any atom is -0.476 e. The number of nitrogens with one attached hydrogen (secondary N) is 1. The summed E-state index contributed by atoms with van der Waals surface area (Å²) in [7, 11) is -3.54. The molecule has 1 fully saturated rings. The Labute approximate surface area is 136 Å². The molecule has 2 aliphatic heterocycles. The Balaban J connectivity index is 1.94. The first-order valence-electron chi connectivity index (χ1n) is 7.85. The van der Waals surface area contributed by atoms with Gasteiger partial charge in [0.2, 0.25) is 10.0 Å². The van der Waals surface area contributed by atoms with Crippen LogP contribution in [0, 0.1) is 5.92 Å². The van der Waals surface area contributed by atoms with Gasteiger partial charge in [0, 0.05) is 19.2 Å². The molecule has 3 rings (SSSR count). The van der Waals surface area contributed by atoms with Crippen molar-refractivity contribution in [2.75, 3.05) is 18.4 Å². The number of piperidine rings is 1. The van der Waals surface area contributed by atoms with Crippen molar-refractivity contribution in [3.63, 3.8) is 0 Å². The molecule has 1 aromatic carbocycles. The molecule has 7 heteroatoms. The first-order valence-corrected chi connectivity index (χ1v) is 9.29. The van der Waals surface area contributed by atoms with Crippen molar-refractivity contribution in [1.29, 1.82) is 0 Å². The number of carbonyl (C=O) groups is 1. The molecule has 0 radical (unpaired) electrons. The van der Waals surface area contributed by atoms with Gasteiger partial charge in [-0.15, -0.1) is 0 Å². The zero-order valence-electron chi connectivity index (χ0n) is 13.6. The lowest BCUT2D eigenvalue weighted by Gasteiger charge is -2.33. The zero-order chi connectivity index (χ0) is 16.8. The SMILES string of the molecule is CC1CCCN(S(=O)(=O)c2ccc3c(c2)OC(C)(C)C(=O)N3)C1. The van der Waals surface area contributed by atoms with Gasteiger partial charge < -0.3 is 10.1 Å². The Morgan fingerprint density at radius 3 is 2.78 bits per heavy atom. The lowest BCUT2D eigenvalue weighted by molar-refractivity contribution is -0.129. The third-order valence-corrected chi connectivity index (χ3v) is 6.23. The van der Waals surface area contributed by atoms with Crippen LogP contribution in [-0.2, 0) is 14.8 Å². The molecule has 0 aromatic heterocycles. The van der Waals surface area contributed by atoms with Gasteiger partial charge in [0.25, 0.3) is 5.91 Å². The van der Waals surface area contributed by atoms with E-state index in [1.807, 2.05) is 0 Å². The fourth-order valence-electron chi connectivity index (χ4n) is 2.96. The van der Waals surface area contributed by atoms with Crippen LogP contribution in [0.1, 0.15) is 33.6 Å². The van der Waals surface area contributed by atoms with Crippen molar-refractivity contribution < 1.29 is 17.9 Å². The predicted molar refractivity (Wildman–Crippen MR) is 86.9 cm³/mol. The Kier molecular flexibility index (Phi) is 3.88. The van der Waals surface area contributed by atoms with Crippen LogP contribution >= 0.6 is 0 Å². The fourth-order valence-corrected chi connectivity index (χ4v) is 4.57. The molecule has 1 aromatic rings.